The minimum absolute atomic E-state index is 0. The van der Waals surface area contributed by atoms with E-state index >= 15 is 0 Å². The van der Waals surface area contributed by atoms with Gasteiger partial charge in [0.25, 0.3) is 0 Å². The van der Waals surface area contributed by atoms with Crippen LogP contribution in [0.25, 0.3) is 0 Å². The first-order valence-corrected chi connectivity index (χ1v) is 10.5. The number of piperazine rings is 1. The van der Waals surface area contributed by atoms with Crippen LogP contribution in [-0.4, -0.2) is 96.7 Å². The number of rotatable bonds is 6. The van der Waals surface area contributed by atoms with Gasteiger partial charge in [0.2, 0.25) is 0 Å². The maximum absolute atomic E-state index is 4.54. The molecule has 160 valence electrons. The Morgan fingerprint density at radius 2 is 1.96 bits per heavy atom. The first kappa shape index (κ1) is 23.4. The van der Waals surface area contributed by atoms with Crippen molar-refractivity contribution in [3.8, 4) is 0 Å². The third-order valence-corrected chi connectivity index (χ3v) is 6.12. The summed E-state index contributed by atoms with van der Waals surface area (Å²) in [6.07, 6.45) is 9.54. The molecule has 2 atom stereocenters. The first-order chi connectivity index (χ1) is 13.2. The Labute approximate surface area is 187 Å². The average Bonchev–Trinajstić information content (AvgIpc) is 3.21. The average molecular weight is 503 g/mol. The number of nitrogens with zero attached hydrogens (tertiary/aromatic N) is 6. The van der Waals surface area contributed by atoms with Gasteiger partial charge in [-0.3, -0.25) is 4.99 Å². The fourth-order valence-electron chi connectivity index (χ4n) is 4.16. The smallest absolute Gasteiger partial charge is 0.193 e. The molecule has 0 bridgehead atoms. The number of unbranched alkanes of at least 4 members (excludes halogenated alkanes) is 1. The Morgan fingerprint density at radius 1 is 1.18 bits per heavy atom. The Bertz CT molecular complexity index is 569. The minimum Gasteiger partial charge on any atom is -0.356 e. The summed E-state index contributed by atoms with van der Waals surface area (Å²) in [5.41, 5.74) is 0. The van der Waals surface area contributed by atoms with Crippen LogP contribution in [0, 0.1) is 5.92 Å². The summed E-state index contributed by atoms with van der Waals surface area (Å²) in [5, 5.41) is 3.59. The van der Waals surface area contributed by atoms with Crippen LogP contribution >= 0.6 is 24.0 Å². The number of hydrogen-bond donors (Lipinski definition) is 1. The van der Waals surface area contributed by atoms with Crippen molar-refractivity contribution in [3.05, 3.63) is 18.7 Å². The Kier molecular flexibility index (Phi) is 10.0. The van der Waals surface area contributed by atoms with Gasteiger partial charge >= 0.3 is 0 Å². The van der Waals surface area contributed by atoms with Gasteiger partial charge in [0, 0.05) is 65.3 Å². The lowest BCUT2D eigenvalue weighted by Gasteiger charge is -2.39. The van der Waals surface area contributed by atoms with Crippen molar-refractivity contribution in [2.24, 2.45) is 10.9 Å². The van der Waals surface area contributed by atoms with E-state index in [9.17, 15) is 0 Å². The fourth-order valence-corrected chi connectivity index (χ4v) is 4.16. The summed E-state index contributed by atoms with van der Waals surface area (Å²) < 4.78 is 2.25. The number of hydrogen-bond acceptors (Lipinski definition) is 4. The normalized spacial score (nSPS) is 24.8. The Morgan fingerprint density at radius 3 is 2.64 bits per heavy atom. The minimum atomic E-state index is 0. The van der Waals surface area contributed by atoms with Gasteiger partial charge in [-0.05, 0) is 38.8 Å². The van der Waals surface area contributed by atoms with Gasteiger partial charge in [-0.1, -0.05) is 6.92 Å². The fraction of sp³-hybridized carbons (Fsp3) is 0.800. The lowest BCUT2D eigenvalue weighted by atomic mass is 9.93. The molecule has 0 aliphatic carbocycles. The highest BCUT2D eigenvalue weighted by molar-refractivity contribution is 14.0. The van der Waals surface area contributed by atoms with Crippen molar-refractivity contribution in [2.75, 3.05) is 66.5 Å². The molecule has 2 fully saturated rings. The SMILES string of the molecule is CN=C(NCCCCN1CCN(C)CC1)N1CCC(C)C(n2ccnc2)C1.I. The van der Waals surface area contributed by atoms with Crippen LogP contribution in [0.3, 0.4) is 0 Å². The van der Waals surface area contributed by atoms with Crippen LogP contribution in [0.4, 0.5) is 0 Å². The van der Waals surface area contributed by atoms with Gasteiger partial charge in [-0.25, -0.2) is 4.98 Å². The van der Waals surface area contributed by atoms with Crippen LogP contribution in [0.5, 0.6) is 0 Å². The third kappa shape index (κ3) is 6.59. The molecule has 7 nitrogen and oxygen atoms in total. The molecule has 8 heteroatoms. The van der Waals surface area contributed by atoms with Crippen molar-refractivity contribution in [1.82, 2.24) is 29.6 Å². The number of aromatic nitrogens is 2. The Balaban J connectivity index is 0.00000280. The van der Waals surface area contributed by atoms with Gasteiger partial charge in [0.15, 0.2) is 5.96 Å². The highest BCUT2D eigenvalue weighted by atomic mass is 127. The maximum Gasteiger partial charge on any atom is 0.193 e. The van der Waals surface area contributed by atoms with Gasteiger partial charge in [-0.2, -0.15) is 0 Å². The summed E-state index contributed by atoms with van der Waals surface area (Å²) in [5.74, 6) is 1.71. The standard InChI is InChI=1S/C20H37N7.HI/c1-18-6-10-26(16-19(18)27-11-8-22-17-27)20(21-2)23-7-4-5-9-25-14-12-24(3)13-15-25;/h8,11,17-19H,4-7,9-10,12-16H2,1-3H3,(H,21,23);1H. The predicted molar refractivity (Wildman–Crippen MR) is 127 cm³/mol. The van der Waals surface area contributed by atoms with Crippen molar-refractivity contribution in [2.45, 2.75) is 32.2 Å². The van der Waals surface area contributed by atoms with Gasteiger partial charge in [0.05, 0.1) is 12.4 Å². The van der Waals surface area contributed by atoms with Crippen LogP contribution in [-0.2, 0) is 0 Å². The Hall–Kier alpha value is -0.870. The number of aliphatic imine (C=N–C) groups is 1. The molecule has 0 radical (unpaired) electrons. The van der Waals surface area contributed by atoms with E-state index in [4.69, 9.17) is 0 Å². The summed E-state index contributed by atoms with van der Waals surface area (Å²) in [6.45, 7) is 11.5. The van der Waals surface area contributed by atoms with E-state index in [1.54, 1.807) is 0 Å². The van der Waals surface area contributed by atoms with E-state index in [-0.39, 0.29) is 24.0 Å². The number of imidazole rings is 1. The zero-order chi connectivity index (χ0) is 19.1. The van der Waals surface area contributed by atoms with E-state index < -0.39 is 0 Å². The molecule has 1 N–H and O–H groups in total. The summed E-state index contributed by atoms with van der Waals surface area (Å²) in [7, 11) is 4.11. The second kappa shape index (κ2) is 12.0. The molecule has 1 aromatic rings. The van der Waals surface area contributed by atoms with Gasteiger partial charge < -0.3 is 24.6 Å². The molecule has 28 heavy (non-hydrogen) atoms. The lowest BCUT2D eigenvalue weighted by molar-refractivity contribution is 0.152. The van der Waals surface area contributed by atoms with Gasteiger partial charge in [-0.15, -0.1) is 24.0 Å². The summed E-state index contributed by atoms with van der Waals surface area (Å²) in [4.78, 5) is 16.2. The molecular formula is C20H38IN7. The molecule has 3 rings (SSSR count). The van der Waals surface area contributed by atoms with Crippen molar-refractivity contribution in [1.29, 1.82) is 0 Å². The van der Waals surface area contributed by atoms with Crippen LogP contribution in [0.15, 0.2) is 23.7 Å². The molecule has 2 saturated heterocycles. The first-order valence-electron chi connectivity index (χ1n) is 10.5. The highest BCUT2D eigenvalue weighted by Gasteiger charge is 2.28. The van der Waals surface area contributed by atoms with E-state index in [1.165, 1.54) is 52.0 Å². The largest absolute Gasteiger partial charge is 0.356 e. The zero-order valence-electron chi connectivity index (χ0n) is 17.8. The molecule has 0 amide bonds. The number of nitrogens with one attached hydrogen (secondary N) is 1. The van der Waals surface area contributed by atoms with E-state index in [0.29, 0.717) is 12.0 Å². The number of likely N-dealkylation sites (tertiary alicyclic amines) is 1. The van der Waals surface area contributed by atoms with Crippen molar-refractivity contribution in [3.63, 3.8) is 0 Å². The lowest BCUT2D eigenvalue weighted by Crippen LogP contribution is -2.49. The third-order valence-electron chi connectivity index (χ3n) is 6.12. The van der Waals surface area contributed by atoms with Crippen molar-refractivity contribution < 1.29 is 0 Å². The van der Waals surface area contributed by atoms with E-state index in [0.717, 1.165) is 25.6 Å². The highest BCUT2D eigenvalue weighted by Crippen LogP contribution is 2.27. The van der Waals surface area contributed by atoms with Crippen LogP contribution in [0.2, 0.25) is 0 Å². The molecular weight excluding hydrogens is 465 g/mol. The maximum atomic E-state index is 4.54. The quantitative estimate of drug-likeness (QED) is 0.279. The molecule has 0 saturated carbocycles. The number of piperidine rings is 1. The predicted octanol–water partition coefficient (Wildman–Crippen LogP) is 1.99. The van der Waals surface area contributed by atoms with Crippen LogP contribution < -0.4 is 5.32 Å². The molecule has 2 aliphatic rings. The number of halogens is 1. The molecule has 2 aliphatic heterocycles. The zero-order valence-corrected chi connectivity index (χ0v) is 20.1. The van der Waals surface area contributed by atoms with Crippen LogP contribution in [0.1, 0.15) is 32.2 Å². The summed E-state index contributed by atoms with van der Waals surface area (Å²) >= 11 is 0. The molecule has 3 heterocycles. The summed E-state index contributed by atoms with van der Waals surface area (Å²) in [6, 6.07) is 0.469. The monoisotopic (exact) mass is 503 g/mol. The van der Waals surface area contributed by atoms with Crippen molar-refractivity contribution >= 4 is 29.9 Å². The second-order valence-corrected chi connectivity index (χ2v) is 8.12. The molecule has 0 spiro atoms. The van der Waals surface area contributed by atoms with E-state index in [1.807, 2.05) is 19.6 Å². The second-order valence-electron chi connectivity index (χ2n) is 8.12. The molecule has 1 aromatic heterocycles. The molecule has 0 aromatic carbocycles. The number of guanidine groups is 1. The topological polar surface area (TPSA) is 51.9 Å². The molecule has 2 unspecified atom stereocenters. The van der Waals surface area contributed by atoms with E-state index in [2.05, 4.69) is 54.7 Å². The number of likely N-dealkylation sites (N-methyl/N-ethyl adjacent to an activating group) is 1. The van der Waals surface area contributed by atoms with Gasteiger partial charge in [0.1, 0.15) is 0 Å².